The monoisotopic (exact) mass is 419 g/mol. The van der Waals surface area contributed by atoms with Crippen LogP contribution in [-0.4, -0.2) is 55.5 Å². The van der Waals surface area contributed by atoms with E-state index in [0.717, 1.165) is 67.9 Å². The van der Waals surface area contributed by atoms with Gasteiger partial charge in [-0.2, -0.15) is 0 Å². The van der Waals surface area contributed by atoms with Crippen LogP contribution in [0.4, 0.5) is 5.69 Å². The van der Waals surface area contributed by atoms with Gasteiger partial charge < -0.3 is 19.9 Å². The SMILES string of the molecule is COc1ccc2c(c1)C(=O)C(CN1CCC3(CC1)C(=O)NCN3c1ccccc1)CC2. The van der Waals surface area contributed by atoms with Crippen LogP contribution in [0.15, 0.2) is 48.5 Å². The number of carbonyl (C=O) groups is 2. The molecule has 6 heteroatoms. The molecule has 2 heterocycles. The van der Waals surface area contributed by atoms with Crippen molar-refractivity contribution in [3.8, 4) is 5.75 Å². The summed E-state index contributed by atoms with van der Waals surface area (Å²) >= 11 is 0. The van der Waals surface area contributed by atoms with E-state index in [2.05, 4.69) is 27.2 Å². The maximum Gasteiger partial charge on any atom is 0.247 e. The van der Waals surface area contributed by atoms with Gasteiger partial charge >= 0.3 is 0 Å². The highest BCUT2D eigenvalue weighted by Crippen LogP contribution is 2.37. The van der Waals surface area contributed by atoms with Crippen molar-refractivity contribution in [3.63, 3.8) is 0 Å². The number of piperidine rings is 1. The average Bonchev–Trinajstić information content (AvgIpc) is 3.13. The van der Waals surface area contributed by atoms with Gasteiger partial charge in [-0.15, -0.1) is 0 Å². The maximum absolute atomic E-state index is 13.1. The fraction of sp³-hybridized carbons (Fsp3) is 0.440. The first-order valence-corrected chi connectivity index (χ1v) is 11.2. The second kappa shape index (κ2) is 8.00. The minimum absolute atomic E-state index is 0.0105. The van der Waals surface area contributed by atoms with Crippen molar-refractivity contribution >= 4 is 17.4 Å². The molecule has 1 atom stereocenters. The van der Waals surface area contributed by atoms with Crippen molar-refractivity contribution in [3.05, 3.63) is 59.7 Å². The lowest BCUT2D eigenvalue weighted by Gasteiger charge is -2.44. The summed E-state index contributed by atoms with van der Waals surface area (Å²) in [6, 6.07) is 16.0. The number of methoxy groups -OCH3 is 1. The number of rotatable bonds is 4. The van der Waals surface area contributed by atoms with Crippen LogP contribution >= 0.6 is 0 Å². The van der Waals surface area contributed by atoms with Crippen molar-refractivity contribution in [2.24, 2.45) is 5.92 Å². The smallest absolute Gasteiger partial charge is 0.247 e. The third kappa shape index (κ3) is 3.49. The Hall–Kier alpha value is -2.86. The zero-order chi connectivity index (χ0) is 21.4. The first-order valence-electron chi connectivity index (χ1n) is 11.2. The number of aryl methyl sites for hydroxylation is 1. The van der Waals surface area contributed by atoms with Gasteiger partial charge in [0.05, 0.1) is 13.8 Å². The summed E-state index contributed by atoms with van der Waals surface area (Å²) in [5.41, 5.74) is 2.55. The summed E-state index contributed by atoms with van der Waals surface area (Å²) < 4.78 is 5.32. The van der Waals surface area contributed by atoms with E-state index >= 15 is 0 Å². The Morgan fingerprint density at radius 3 is 2.61 bits per heavy atom. The molecule has 2 aromatic carbocycles. The average molecular weight is 420 g/mol. The van der Waals surface area contributed by atoms with Crippen molar-refractivity contribution < 1.29 is 14.3 Å². The van der Waals surface area contributed by atoms with Crippen molar-refractivity contribution in [2.75, 3.05) is 38.3 Å². The minimum atomic E-state index is -0.478. The molecule has 0 aromatic heterocycles. The van der Waals surface area contributed by atoms with Crippen LogP contribution in [0.5, 0.6) is 5.75 Å². The highest BCUT2D eigenvalue weighted by atomic mass is 16.5. The number of likely N-dealkylation sites (tertiary alicyclic amines) is 1. The van der Waals surface area contributed by atoms with Gasteiger partial charge in [-0.05, 0) is 55.5 Å². The molecule has 1 amide bonds. The predicted octanol–water partition coefficient (Wildman–Crippen LogP) is 2.87. The molecule has 2 saturated heterocycles. The van der Waals surface area contributed by atoms with E-state index in [1.807, 2.05) is 36.4 Å². The molecule has 5 rings (SSSR count). The van der Waals surface area contributed by atoms with E-state index in [0.29, 0.717) is 6.67 Å². The van der Waals surface area contributed by atoms with Gasteiger partial charge in [0.1, 0.15) is 11.3 Å². The summed E-state index contributed by atoms with van der Waals surface area (Å²) in [5, 5.41) is 3.06. The van der Waals surface area contributed by atoms with Crippen molar-refractivity contribution in [1.29, 1.82) is 0 Å². The van der Waals surface area contributed by atoms with E-state index in [-0.39, 0.29) is 17.6 Å². The predicted molar refractivity (Wildman–Crippen MR) is 119 cm³/mol. The molecule has 6 nitrogen and oxygen atoms in total. The normalized spacial score (nSPS) is 23.0. The van der Waals surface area contributed by atoms with Crippen molar-refractivity contribution in [2.45, 2.75) is 31.2 Å². The van der Waals surface area contributed by atoms with Crippen LogP contribution in [0.2, 0.25) is 0 Å². The second-order valence-electron chi connectivity index (χ2n) is 8.88. The topological polar surface area (TPSA) is 61.9 Å². The molecule has 0 bridgehead atoms. The third-order valence-electron chi connectivity index (χ3n) is 7.28. The molecule has 3 aliphatic rings. The number of hydrogen-bond donors (Lipinski definition) is 1. The number of hydrogen-bond acceptors (Lipinski definition) is 5. The largest absolute Gasteiger partial charge is 0.497 e. The zero-order valence-electron chi connectivity index (χ0n) is 18.0. The number of nitrogens with one attached hydrogen (secondary N) is 1. The van der Waals surface area contributed by atoms with Crippen LogP contribution in [0.3, 0.4) is 0 Å². The number of fused-ring (bicyclic) bond motifs is 1. The van der Waals surface area contributed by atoms with Gasteiger partial charge in [-0.1, -0.05) is 24.3 Å². The number of carbonyl (C=O) groups excluding carboxylic acids is 2. The molecule has 31 heavy (non-hydrogen) atoms. The molecular weight excluding hydrogens is 390 g/mol. The lowest BCUT2D eigenvalue weighted by molar-refractivity contribution is -0.125. The number of ether oxygens (including phenoxy) is 1. The summed E-state index contributed by atoms with van der Waals surface area (Å²) in [4.78, 5) is 30.6. The molecule has 1 N–H and O–H groups in total. The van der Waals surface area contributed by atoms with Gasteiger partial charge in [0.25, 0.3) is 0 Å². The zero-order valence-corrected chi connectivity index (χ0v) is 18.0. The van der Waals surface area contributed by atoms with E-state index in [4.69, 9.17) is 4.74 Å². The number of nitrogens with zero attached hydrogens (tertiary/aromatic N) is 2. The van der Waals surface area contributed by atoms with E-state index in [1.54, 1.807) is 7.11 Å². The molecule has 1 aliphatic carbocycles. The van der Waals surface area contributed by atoms with Gasteiger partial charge in [0, 0.05) is 36.8 Å². The first kappa shape index (κ1) is 20.1. The first-order chi connectivity index (χ1) is 15.1. The number of amides is 1. The molecule has 2 aliphatic heterocycles. The van der Waals surface area contributed by atoms with Gasteiger partial charge in [-0.25, -0.2) is 0 Å². The Balaban J connectivity index is 1.27. The van der Waals surface area contributed by atoms with Crippen LogP contribution in [0, 0.1) is 5.92 Å². The Morgan fingerprint density at radius 2 is 1.87 bits per heavy atom. The molecular formula is C25H29N3O3. The van der Waals surface area contributed by atoms with E-state index in [9.17, 15) is 9.59 Å². The van der Waals surface area contributed by atoms with Crippen molar-refractivity contribution in [1.82, 2.24) is 10.2 Å². The van der Waals surface area contributed by atoms with Crippen LogP contribution < -0.4 is 15.0 Å². The summed E-state index contributed by atoms with van der Waals surface area (Å²) in [7, 11) is 1.63. The highest BCUT2D eigenvalue weighted by molar-refractivity contribution is 6.00. The number of Topliss-reactive ketones (excluding diaryl/α,β-unsaturated/α-hetero) is 1. The third-order valence-corrected chi connectivity index (χ3v) is 7.28. The molecule has 0 radical (unpaired) electrons. The number of anilines is 1. The molecule has 1 unspecified atom stereocenters. The molecule has 0 saturated carbocycles. The fourth-order valence-electron chi connectivity index (χ4n) is 5.43. The van der Waals surface area contributed by atoms with Gasteiger partial charge in [0.15, 0.2) is 5.78 Å². The molecule has 2 aromatic rings. The standard InChI is InChI=1S/C25H29N3O3/c1-31-21-10-9-18-7-8-19(23(29)22(18)15-21)16-27-13-11-25(12-14-27)24(30)26-17-28(25)20-5-3-2-4-6-20/h2-6,9-10,15,19H,7-8,11-14,16-17H2,1H3,(H,26,30). The second-order valence-corrected chi connectivity index (χ2v) is 8.88. The number of benzene rings is 2. The molecule has 162 valence electrons. The van der Waals surface area contributed by atoms with E-state index < -0.39 is 5.54 Å². The summed E-state index contributed by atoms with van der Waals surface area (Å²) in [5.74, 6) is 1.10. The molecule has 1 spiro atoms. The lowest BCUT2D eigenvalue weighted by atomic mass is 9.81. The Bertz CT molecular complexity index is 983. The van der Waals surface area contributed by atoms with Gasteiger partial charge in [-0.3, -0.25) is 9.59 Å². The fourth-order valence-corrected chi connectivity index (χ4v) is 5.43. The number of para-hydroxylation sites is 1. The highest BCUT2D eigenvalue weighted by Gasteiger charge is 2.50. The maximum atomic E-state index is 13.1. The van der Waals surface area contributed by atoms with Crippen LogP contribution in [0.25, 0.3) is 0 Å². The van der Waals surface area contributed by atoms with Gasteiger partial charge in [0.2, 0.25) is 5.91 Å². The lowest BCUT2D eigenvalue weighted by Crippen LogP contribution is -2.57. The Kier molecular flexibility index (Phi) is 5.18. The van der Waals surface area contributed by atoms with E-state index in [1.165, 1.54) is 0 Å². The Labute approximate surface area is 183 Å². The Morgan fingerprint density at radius 1 is 1.10 bits per heavy atom. The number of ketones is 1. The summed E-state index contributed by atoms with van der Waals surface area (Å²) in [6.45, 7) is 2.97. The quantitative estimate of drug-likeness (QED) is 0.826. The van der Waals surface area contributed by atoms with Crippen LogP contribution in [0.1, 0.15) is 35.2 Å². The minimum Gasteiger partial charge on any atom is -0.497 e. The van der Waals surface area contributed by atoms with Crippen LogP contribution in [-0.2, 0) is 11.2 Å². The summed E-state index contributed by atoms with van der Waals surface area (Å²) in [6.07, 6.45) is 3.37. The molecule has 2 fully saturated rings.